The van der Waals surface area contributed by atoms with Gasteiger partial charge in [-0.3, -0.25) is 9.59 Å². The van der Waals surface area contributed by atoms with Crippen LogP contribution in [0, 0.1) is 22.7 Å². The van der Waals surface area contributed by atoms with Gasteiger partial charge in [0, 0.05) is 50.2 Å². The molecule has 0 aromatic heterocycles. The molecule has 1 spiro atoms. The number of rotatable bonds is 3. The fourth-order valence-electron chi connectivity index (χ4n) is 4.89. The van der Waals surface area contributed by atoms with Crippen molar-refractivity contribution in [3.8, 4) is 6.07 Å². The van der Waals surface area contributed by atoms with Gasteiger partial charge < -0.3 is 15.1 Å². The minimum absolute atomic E-state index is 0.00871. The summed E-state index contributed by atoms with van der Waals surface area (Å²) in [4.78, 5) is 28.4. The summed E-state index contributed by atoms with van der Waals surface area (Å²) in [7, 11) is 0. The molecular formula is C22H25F3N4O2. The summed E-state index contributed by atoms with van der Waals surface area (Å²) in [6.07, 6.45) is -1.45. The molecule has 9 heteroatoms. The van der Waals surface area contributed by atoms with Crippen LogP contribution >= 0.6 is 0 Å². The number of amides is 2. The number of nitriles is 1. The highest BCUT2D eigenvalue weighted by molar-refractivity contribution is 5.82. The van der Waals surface area contributed by atoms with Crippen molar-refractivity contribution in [2.75, 3.05) is 31.1 Å². The van der Waals surface area contributed by atoms with Crippen molar-refractivity contribution in [3.63, 3.8) is 0 Å². The molecular weight excluding hydrogens is 409 g/mol. The molecule has 0 bridgehead atoms. The molecule has 31 heavy (non-hydrogen) atoms. The summed E-state index contributed by atoms with van der Waals surface area (Å²) in [6, 6.07) is 5.53. The fourth-order valence-corrected chi connectivity index (χ4v) is 4.89. The highest BCUT2D eigenvalue weighted by Gasteiger charge is 2.52. The minimum Gasteiger partial charge on any atom is -0.370 e. The Morgan fingerprint density at radius 1 is 1.23 bits per heavy atom. The van der Waals surface area contributed by atoms with Gasteiger partial charge in [0.05, 0.1) is 23.1 Å². The molecule has 6 nitrogen and oxygen atoms in total. The number of benzene rings is 1. The monoisotopic (exact) mass is 434 g/mol. The molecule has 1 atom stereocenters. The van der Waals surface area contributed by atoms with E-state index in [4.69, 9.17) is 5.26 Å². The van der Waals surface area contributed by atoms with Gasteiger partial charge >= 0.3 is 6.18 Å². The SMILES string of the molecule is CC(=O)N1CCC2(CC1)CN(c1ccc(C#N)c(C(F)(F)F)c1)CC2C(=O)NC1CC1. The standard InChI is InChI=1S/C22H25F3N4O2/c1-14(30)28-8-6-21(7-9-28)13-29(12-19(21)20(31)27-16-3-4-16)17-5-2-15(11-26)18(10-17)22(23,24)25/h2,5,10,16,19H,3-4,6-9,12-13H2,1H3,(H,27,31). The number of carbonyl (C=O) groups excluding carboxylic acids is 2. The van der Waals surface area contributed by atoms with Crippen LogP contribution in [0.2, 0.25) is 0 Å². The quantitative estimate of drug-likeness (QED) is 0.794. The topological polar surface area (TPSA) is 76.4 Å². The number of hydrogen-bond acceptors (Lipinski definition) is 4. The first-order valence-corrected chi connectivity index (χ1v) is 10.6. The summed E-state index contributed by atoms with van der Waals surface area (Å²) in [5, 5.41) is 12.1. The third-order valence-electron chi connectivity index (χ3n) is 6.89. The number of alkyl halides is 3. The Morgan fingerprint density at radius 2 is 1.90 bits per heavy atom. The maximum Gasteiger partial charge on any atom is 0.417 e. The second-order valence-corrected chi connectivity index (χ2v) is 8.92. The van der Waals surface area contributed by atoms with Gasteiger partial charge in [0.15, 0.2) is 0 Å². The van der Waals surface area contributed by atoms with Gasteiger partial charge in [-0.2, -0.15) is 18.4 Å². The summed E-state index contributed by atoms with van der Waals surface area (Å²) in [6.45, 7) is 3.37. The zero-order valence-electron chi connectivity index (χ0n) is 17.3. The Balaban J connectivity index is 1.62. The van der Waals surface area contributed by atoms with Crippen molar-refractivity contribution in [2.24, 2.45) is 11.3 Å². The highest BCUT2D eigenvalue weighted by Crippen LogP contribution is 2.47. The maximum absolute atomic E-state index is 13.5. The molecule has 2 amide bonds. The predicted octanol–water partition coefficient (Wildman–Crippen LogP) is 2.92. The van der Waals surface area contributed by atoms with Crippen LogP contribution in [0.15, 0.2) is 18.2 Å². The second-order valence-electron chi connectivity index (χ2n) is 8.92. The van der Waals surface area contributed by atoms with Crippen molar-refractivity contribution in [2.45, 2.75) is 44.8 Å². The zero-order chi connectivity index (χ0) is 22.4. The Bertz CT molecular complexity index is 928. The van der Waals surface area contributed by atoms with Crippen LogP contribution in [0.5, 0.6) is 0 Å². The van der Waals surface area contributed by atoms with Crippen molar-refractivity contribution in [1.82, 2.24) is 10.2 Å². The first-order chi connectivity index (χ1) is 14.6. The Kier molecular flexibility index (Phi) is 5.36. The van der Waals surface area contributed by atoms with Gasteiger partial charge in [-0.05, 0) is 43.9 Å². The van der Waals surface area contributed by atoms with Crippen molar-refractivity contribution in [1.29, 1.82) is 5.26 Å². The van der Waals surface area contributed by atoms with E-state index in [2.05, 4.69) is 5.32 Å². The Morgan fingerprint density at radius 3 is 2.45 bits per heavy atom. The third kappa shape index (κ3) is 4.21. The van der Waals surface area contributed by atoms with Crippen LogP contribution in [-0.2, 0) is 15.8 Å². The van der Waals surface area contributed by atoms with E-state index < -0.39 is 22.7 Å². The molecule has 1 aromatic carbocycles. The van der Waals surface area contributed by atoms with Crippen molar-refractivity contribution < 1.29 is 22.8 Å². The lowest BCUT2D eigenvalue weighted by Crippen LogP contribution is -2.49. The largest absolute Gasteiger partial charge is 0.417 e. The molecule has 1 unspecified atom stereocenters. The average molecular weight is 434 g/mol. The van der Waals surface area contributed by atoms with E-state index in [0.29, 0.717) is 44.7 Å². The second kappa shape index (κ2) is 7.74. The van der Waals surface area contributed by atoms with Crippen LogP contribution in [0.25, 0.3) is 0 Å². The van der Waals surface area contributed by atoms with E-state index in [1.54, 1.807) is 11.0 Å². The van der Waals surface area contributed by atoms with Gasteiger partial charge in [0.2, 0.25) is 11.8 Å². The lowest BCUT2D eigenvalue weighted by Gasteiger charge is -2.41. The van der Waals surface area contributed by atoms with E-state index in [1.165, 1.54) is 19.1 Å². The van der Waals surface area contributed by atoms with Crippen LogP contribution in [0.1, 0.15) is 43.7 Å². The molecule has 2 heterocycles. The third-order valence-corrected chi connectivity index (χ3v) is 6.89. The number of nitrogens with one attached hydrogen (secondary N) is 1. The fraction of sp³-hybridized carbons (Fsp3) is 0.591. The average Bonchev–Trinajstić information content (AvgIpc) is 3.46. The highest BCUT2D eigenvalue weighted by atomic mass is 19.4. The first-order valence-electron chi connectivity index (χ1n) is 10.6. The van der Waals surface area contributed by atoms with Gasteiger partial charge in [-0.25, -0.2) is 0 Å². The van der Waals surface area contributed by atoms with Gasteiger partial charge in [0.1, 0.15) is 0 Å². The van der Waals surface area contributed by atoms with Gasteiger partial charge in [-0.1, -0.05) is 0 Å². The molecule has 3 aliphatic rings. The van der Waals surface area contributed by atoms with E-state index in [0.717, 1.165) is 18.9 Å². The number of piperidine rings is 1. The smallest absolute Gasteiger partial charge is 0.370 e. The normalized spacial score (nSPS) is 23.0. The summed E-state index contributed by atoms with van der Waals surface area (Å²) >= 11 is 0. The Labute approximate surface area is 179 Å². The van der Waals surface area contributed by atoms with Gasteiger partial charge in [0.25, 0.3) is 0 Å². The zero-order valence-corrected chi connectivity index (χ0v) is 17.3. The molecule has 2 aliphatic heterocycles. The summed E-state index contributed by atoms with van der Waals surface area (Å²) in [5.41, 5.74) is -1.40. The van der Waals surface area contributed by atoms with Gasteiger partial charge in [-0.15, -0.1) is 0 Å². The first kappa shape index (κ1) is 21.5. The van der Waals surface area contributed by atoms with Crippen LogP contribution in [-0.4, -0.2) is 48.9 Å². The number of halogens is 3. The molecule has 1 N–H and O–H groups in total. The summed E-state index contributed by atoms with van der Waals surface area (Å²) in [5.74, 6) is -0.413. The molecule has 166 valence electrons. The lowest BCUT2D eigenvalue weighted by molar-refractivity contribution is -0.138. The molecule has 1 saturated carbocycles. The molecule has 0 radical (unpaired) electrons. The number of carbonyl (C=O) groups is 2. The molecule has 4 rings (SSSR count). The number of nitrogens with zero attached hydrogens (tertiary/aromatic N) is 3. The molecule has 2 saturated heterocycles. The van der Waals surface area contributed by atoms with Crippen LogP contribution < -0.4 is 10.2 Å². The molecule has 1 aliphatic carbocycles. The number of likely N-dealkylation sites (tertiary alicyclic amines) is 1. The van der Waals surface area contributed by atoms with E-state index in [-0.39, 0.29) is 23.8 Å². The maximum atomic E-state index is 13.5. The van der Waals surface area contributed by atoms with Crippen molar-refractivity contribution in [3.05, 3.63) is 29.3 Å². The van der Waals surface area contributed by atoms with Crippen LogP contribution in [0.4, 0.5) is 18.9 Å². The van der Waals surface area contributed by atoms with E-state index in [1.807, 2.05) is 4.90 Å². The van der Waals surface area contributed by atoms with Crippen LogP contribution in [0.3, 0.4) is 0 Å². The van der Waals surface area contributed by atoms with E-state index in [9.17, 15) is 22.8 Å². The predicted molar refractivity (Wildman–Crippen MR) is 107 cm³/mol. The van der Waals surface area contributed by atoms with E-state index >= 15 is 0 Å². The molecule has 3 fully saturated rings. The molecule has 1 aromatic rings. The minimum atomic E-state index is -4.63. The number of anilines is 1. The van der Waals surface area contributed by atoms with Crippen molar-refractivity contribution >= 4 is 17.5 Å². The lowest BCUT2D eigenvalue weighted by atomic mass is 9.70. The number of hydrogen-bond donors (Lipinski definition) is 1. The summed E-state index contributed by atoms with van der Waals surface area (Å²) < 4.78 is 40.4. The Hall–Kier alpha value is -2.76.